The summed E-state index contributed by atoms with van der Waals surface area (Å²) in [7, 11) is 1.55. The second kappa shape index (κ2) is 8.77. The largest absolute Gasteiger partial charge is 0.495 e. The predicted molar refractivity (Wildman–Crippen MR) is 123 cm³/mol. The van der Waals surface area contributed by atoms with Crippen LogP contribution in [0, 0.1) is 0 Å². The van der Waals surface area contributed by atoms with Crippen LogP contribution in [0.4, 0.5) is 5.69 Å². The molecule has 5 nitrogen and oxygen atoms in total. The maximum atomic E-state index is 13.5. The molecule has 1 aliphatic carbocycles. The number of rotatable bonds is 4. The van der Waals surface area contributed by atoms with Crippen LogP contribution in [0.2, 0.25) is 10.0 Å². The quantitative estimate of drug-likeness (QED) is 0.627. The summed E-state index contributed by atoms with van der Waals surface area (Å²) in [6, 6.07) is 12.3. The van der Waals surface area contributed by atoms with Gasteiger partial charge in [-0.3, -0.25) is 9.59 Å². The number of ether oxygens (including phenoxy) is 1. The number of dihydropyridines is 1. The Kier molecular flexibility index (Phi) is 6.08. The highest BCUT2D eigenvalue weighted by molar-refractivity contribution is 6.35. The summed E-state index contributed by atoms with van der Waals surface area (Å²) < 4.78 is 5.36. The number of nitrogens with one attached hydrogen (secondary N) is 2. The zero-order chi connectivity index (χ0) is 22.1. The molecule has 0 saturated carbocycles. The van der Waals surface area contributed by atoms with Gasteiger partial charge in [-0.1, -0.05) is 41.4 Å². The number of para-hydroxylation sites is 2. The SMILES string of the molecule is COc1ccccc1NC(=O)C1=C(C)NC2=C(C(=O)CCC2)[C@@H]1c1ccc(Cl)cc1Cl. The van der Waals surface area contributed by atoms with Gasteiger partial charge in [-0.2, -0.15) is 0 Å². The highest BCUT2D eigenvalue weighted by atomic mass is 35.5. The molecule has 0 bridgehead atoms. The fourth-order valence-corrected chi connectivity index (χ4v) is 4.79. The van der Waals surface area contributed by atoms with Gasteiger partial charge >= 0.3 is 0 Å². The number of benzene rings is 2. The van der Waals surface area contributed by atoms with Crippen LogP contribution in [0.15, 0.2) is 65.0 Å². The number of carbonyl (C=O) groups is 2. The minimum Gasteiger partial charge on any atom is -0.495 e. The first-order chi connectivity index (χ1) is 14.9. The first-order valence-corrected chi connectivity index (χ1v) is 10.8. The van der Waals surface area contributed by atoms with Crippen LogP contribution < -0.4 is 15.4 Å². The Bertz CT molecular complexity index is 1140. The average Bonchev–Trinajstić information content (AvgIpc) is 2.73. The van der Waals surface area contributed by atoms with E-state index in [0.29, 0.717) is 50.3 Å². The van der Waals surface area contributed by atoms with E-state index in [0.717, 1.165) is 18.5 Å². The Balaban J connectivity index is 1.82. The number of ketones is 1. The summed E-state index contributed by atoms with van der Waals surface area (Å²) in [4.78, 5) is 26.5. The fourth-order valence-electron chi connectivity index (χ4n) is 4.27. The van der Waals surface area contributed by atoms with Gasteiger partial charge in [0.2, 0.25) is 0 Å². The van der Waals surface area contributed by atoms with E-state index in [2.05, 4.69) is 10.6 Å². The topological polar surface area (TPSA) is 67.4 Å². The van der Waals surface area contributed by atoms with Crippen molar-refractivity contribution in [3.8, 4) is 5.75 Å². The van der Waals surface area contributed by atoms with Crippen molar-refractivity contribution in [2.24, 2.45) is 0 Å². The highest BCUT2D eigenvalue weighted by Gasteiger charge is 2.39. The summed E-state index contributed by atoms with van der Waals surface area (Å²) in [5.74, 6) is -0.327. The number of methoxy groups -OCH3 is 1. The second-order valence-corrected chi connectivity index (χ2v) is 8.43. The zero-order valence-electron chi connectivity index (χ0n) is 17.2. The molecule has 0 spiro atoms. The lowest BCUT2D eigenvalue weighted by atomic mass is 9.75. The molecule has 1 aliphatic heterocycles. The molecule has 2 N–H and O–H groups in total. The molecule has 2 aromatic rings. The van der Waals surface area contributed by atoms with Gasteiger partial charge in [0.05, 0.1) is 12.8 Å². The number of Topliss-reactive ketones (excluding diaryl/α,β-unsaturated/α-hetero) is 1. The normalized spacial score (nSPS) is 18.5. The molecule has 0 aromatic heterocycles. The molecule has 0 unspecified atom stereocenters. The van der Waals surface area contributed by atoms with Crippen molar-refractivity contribution in [3.63, 3.8) is 0 Å². The van der Waals surface area contributed by atoms with Crippen molar-refractivity contribution in [3.05, 3.63) is 80.6 Å². The number of carbonyl (C=O) groups excluding carboxylic acids is 2. The smallest absolute Gasteiger partial charge is 0.254 e. The second-order valence-electron chi connectivity index (χ2n) is 7.59. The van der Waals surface area contributed by atoms with Gasteiger partial charge in [-0.05, 0) is 49.6 Å². The number of hydrogen-bond acceptors (Lipinski definition) is 4. The lowest BCUT2D eigenvalue weighted by molar-refractivity contribution is -0.116. The molecule has 0 saturated heterocycles. The van der Waals surface area contributed by atoms with E-state index in [1.54, 1.807) is 37.4 Å². The van der Waals surface area contributed by atoms with Crippen molar-refractivity contribution in [2.45, 2.75) is 32.1 Å². The standard InChI is InChI=1S/C24H22Cl2N2O3/c1-13-21(24(30)28-17-6-3-4-9-20(17)31-2)22(15-11-10-14(25)12-16(15)26)23-18(27-13)7-5-8-19(23)29/h3-4,6,9-12,22,27H,5,7-8H2,1-2H3,(H,28,30)/t22-/m1/s1. The van der Waals surface area contributed by atoms with Crippen molar-refractivity contribution in [2.75, 3.05) is 12.4 Å². The van der Waals surface area contributed by atoms with Crippen LogP contribution in [-0.4, -0.2) is 18.8 Å². The monoisotopic (exact) mass is 456 g/mol. The van der Waals surface area contributed by atoms with Crippen LogP contribution in [0.3, 0.4) is 0 Å². The van der Waals surface area contributed by atoms with Crippen molar-refractivity contribution < 1.29 is 14.3 Å². The van der Waals surface area contributed by atoms with Crippen molar-refractivity contribution >= 4 is 40.6 Å². The minimum absolute atomic E-state index is 0.0276. The van der Waals surface area contributed by atoms with Crippen LogP contribution >= 0.6 is 23.2 Å². The molecular formula is C24H22Cl2N2O3. The van der Waals surface area contributed by atoms with Gasteiger partial charge in [-0.15, -0.1) is 0 Å². The molecule has 0 fully saturated rings. The van der Waals surface area contributed by atoms with Gasteiger partial charge in [0.1, 0.15) is 5.75 Å². The summed E-state index contributed by atoms with van der Waals surface area (Å²) in [5.41, 5.74) is 3.83. The van der Waals surface area contributed by atoms with E-state index in [9.17, 15) is 9.59 Å². The van der Waals surface area contributed by atoms with E-state index >= 15 is 0 Å². The minimum atomic E-state index is -0.580. The molecular weight excluding hydrogens is 435 g/mol. The van der Waals surface area contributed by atoms with E-state index in [-0.39, 0.29) is 11.7 Å². The van der Waals surface area contributed by atoms with E-state index in [1.807, 2.05) is 19.1 Å². The number of hydrogen-bond donors (Lipinski definition) is 2. The highest BCUT2D eigenvalue weighted by Crippen LogP contribution is 2.45. The Morgan fingerprint density at radius 2 is 1.94 bits per heavy atom. The summed E-state index contributed by atoms with van der Waals surface area (Å²) in [6.07, 6.45) is 1.98. The average molecular weight is 457 g/mol. The Morgan fingerprint density at radius 3 is 2.68 bits per heavy atom. The van der Waals surface area contributed by atoms with Gasteiger partial charge in [-0.25, -0.2) is 0 Å². The molecule has 7 heteroatoms. The molecule has 31 heavy (non-hydrogen) atoms. The third-order valence-electron chi connectivity index (χ3n) is 5.65. The van der Waals surface area contributed by atoms with E-state index in [1.165, 1.54) is 0 Å². The first kappa shape index (κ1) is 21.5. The molecule has 160 valence electrons. The molecule has 4 rings (SSSR count). The zero-order valence-corrected chi connectivity index (χ0v) is 18.7. The molecule has 1 amide bonds. The Hall–Kier alpha value is -2.76. The van der Waals surface area contributed by atoms with Gasteiger partial charge in [0, 0.05) is 44.9 Å². The Labute approximate surface area is 191 Å². The summed E-state index contributed by atoms with van der Waals surface area (Å²) in [5, 5.41) is 7.15. The number of amides is 1. The van der Waals surface area contributed by atoms with Crippen LogP contribution in [0.5, 0.6) is 5.75 Å². The molecule has 0 radical (unpaired) electrons. The third kappa shape index (κ3) is 4.08. The maximum absolute atomic E-state index is 13.5. The Morgan fingerprint density at radius 1 is 1.16 bits per heavy atom. The molecule has 2 aliphatic rings. The lowest BCUT2D eigenvalue weighted by Gasteiger charge is -2.35. The van der Waals surface area contributed by atoms with Gasteiger partial charge in [0.15, 0.2) is 5.78 Å². The maximum Gasteiger partial charge on any atom is 0.254 e. The van der Waals surface area contributed by atoms with Crippen LogP contribution in [0.25, 0.3) is 0 Å². The fraction of sp³-hybridized carbons (Fsp3) is 0.250. The van der Waals surface area contributed by atoms with Crippen molar-refractivity contribution in [1.29, 1.82) is 0 Å². The number of anilines is 1. The van der Waals surface area contributed by atoms with Crippen LogP contribution in [-0.2, 0) is 9.59 Å². The van der Waals surface area contributed by atoms with Crippen molar-refractivity contribution in [1.82, 2.24) is 5.32 Å². The van der Waals surface area contributed by atoms with Crippen LogP contribution in [0.1, 0.15) is 37.7 Å². The summed E-state index contributed by atoms with van der Waals surface area (Å²) in [6.45, 7) is 1.84. The predicted octanol–water partition coefficient (Wildman–Crippen LogP) is 5.61. The molecule has 1 atom stereocenters. The lowest BCUT2D eigenvalue weighted by Crippen LogP contribution is -2.35. The van der Waals surface area contributed by atoms with Gasteiger partial charge in [0.25, 0.3) is 5.91 Å². The first-order valence-electron chi connectivity index (χ1n) is 10.0. The third-order valence-corrected chi connectivity index (χ3v) is 6.21. The molecule has 1 heterocycles. The molecule has 2 aromatic carbocycles. The number of halogens is 2. The van der Waals surface area contributed by atoms with E-state index in [4.69, 9.17) is 27.9 Å². The number of allylic oxidation sites excluding steroid dienone is 3. The van der Waals surface area contributed by atoms with E-state index < -0.39 is 5.92 Å². The van der Waals surface area contributed by atoms with Gasteiger partial charge < -0.3 is 15.4 Å². The summed E-state index contributed by atoms with van der Waals surface area (Å²) >= 11 is 12.7.